The zero-order valence-corrected chi connectivity index (χ0v) is 16.1. The van der Waals surface area contributed by atoms with Gasteiger partial charge in [-0.25, -0.2) is 0 Å². The van der Waals surface area contributed by atoms with E-state index in [9.17, 15) is 9.59 Å². The molecule has 1 aliphatic rings. The average molecular weight is 368 g/mol. The summed E-state index contributed by atoms with van der Waals surface area (Å²) in [5, 5.41) is 2.93. The van der Waals surface area contributed by atoms with Crippen LogP contribution in [0.5, 0.6) is 0 Å². The van der Waals surface area contributed by atoms with Gasteiger partial charge in [0.25, 0.3) is 0 Å². The Morgan fingerprint density at radius 2 is 1.92 bits per heavy atom. The van der Waals surface area contributed by atoms with E-state index in [-0.39, 0.29) is 42.0 Å². The van der Waals surface area contributed by atoms with Crippen LogP contribution in [-0.2, 0) is 16.0 Å². The van der Waals surface area contributed by atoms with E-state index >= 15 is 0 Å². The predicted octanol–water partition coefficient (Wildman–Crippen LogP) is 1.99. The third-order valence-corrected chi connectivity index (χ3v) is 4.82. The van der Waals surface area contributed by atoms with E-state index in [2.05, 4.69) is 12.2 Å². The van der Waals surface area contributed by atoms with Gasteiger partial charge in [-0.05, 0) is 29.9 Å². The van der Waals surface area contributed by atoms with Crippen LogP contribution in [0.15, 0.2) is 30.3 Å². The van der Waals surface area contributed by atoms with Crippen molar-refractivity contribution in [2.75, 3.05) is 19.6 Å². The van der Waals surface area contributed by atoms with Crippen LogP contribution in [0, 0.1) is 11.3 Å². The molecule has 25 heavy (non-hydrogen) atoms. The Morgan fingerprint density at radius 1 is 1.28 bits per heavy atom. The number of likely N-dealkylation sites (tertiary alicyclic amines) is 1. The van der Waals surface area contributed by atoms with Crippen LogP contribution in [0.3, 0.4) is 0 Å². The second-order valence-corrected chi connectivity index (χ2v) is 7.48. The lowest BCUT2D eigenvalue weighted by atomic mass is 9.90. The molecule has 0 saturated carbocycles. The van der Waals surface area contributed by atoms with Crippen molar-refractivity contribution in [3.63, 3.8) is 0 Å². The first-order chi connectivity index (χ1) is 11.3. The average Bonchev–Trinajstić information content (AvgIpc) is 2.96. The normalized spacial score (nSPS) is 20.9. The molecule has 0 bridgehead atoms. The lowest BCUT2D eigenvalue weighted by molar-refractivity contribution is -0.137. The minimum absolute atomic E-state index is 0. The number of nitrogens with zero attached hydrogens (tertiary/aromatic N) is 1. The van der Waals surface area contributed by atoms with Crippen LogP contribution in [0.2, 0.25) is 0 Å². The fourth-order valence-electron chi connectivity index (χ4n) is 3.09. The van der Waals surface area contributed by atoms with E-state index in [1.54, 1.807) is 0 Å². The van der Waals surface area contributed by atoms with Crippen LogP contribution in [0.1, 0.15) is 32.8 Å². The van der Waals surface area contributed by atoms with Crippen molar-refractivity contribution in [1.82, 2.24) is 10.2 Å². The summed E-state index contributed by atoms with van der Waals surface area (Å²) in [7, 11) is 0. The lowest BCUT2D eigenvalue weighted by Crippen LogP contribution is -2.51. The molecule has 5 nitrogen and oxygen atoms in total. The van der Waals surface area contributed by atoms with Gasteiger partial charge in [-0.15, -0.1) is 12.4 Å². The van der Waals surface area contributed by atoms with Gasteiger partial charge in [0.1, 0.15) is 6.04 Å². The van der Waals surface area contributed by atoms with Crippen LogP contribution < -0.4 is 11.1 Å². The lowest BCUT2D eigenvalue weighted by Gasteiger charge is -2.28. The van der Waals surface area contributed by atoms with E-state index in [1.165, 1.54) is 0 Å². The first-order valence-corrected chi connectivity index (χ1v) is 8.67. The van der Waals surface area contributed by atoms with Gasteiger partial charge in [-0.2, -0.15) is 0 Å². The molecule has 1 saturated heterocycles. The molecule has 0 radical (unpaired) electrons. The van der Waals surface area contributed by atoms with Gasteiger partial charge in [0.2, 0.25) is 11.8 Å². The Bertz CT molecular complexity index is 579. The number of carbonyl (C=O) groups is 2. The van der Waals surface area contributed by atoms with E-state index in [4.69, 9.17) is 5.73 Å². The zero-order valence-electron chi connectivity index (χ0n) is 15.3. The maximum atomic E-state index is 12.8. The summed E-state index contributed by atoms with van der Waals surface area (Å²) in [6.45, 7) is 7.99. The maximum Gasteiger partial charge on any atom is 0.245 e. The first kappa shape index (κ1) is 21.5. The van der Waals surface area contributed by atoms with Crippen LogP contribution in [0.4, 0.5) is 0 Å². The van der Waals surface area contributed by atoms with Gasteiger partial charge in [-0.1, -0.05) is 51.1 Å². The third-order valence-electron chi connectivity index (χ3n) is 4.82. The number of nitrogens with one attached hydrogen (secondary N) is 1. The SMILES string of the molecule is CC(C)C(NC(=O)Cc1ccccc1)C(=O)N1CCC(C)(CN)C1.Cl. The summed E-state index contributed by atoms with van der Waals surface area (Å²) < 4.78 is 0. The molecule has 6 heteroatoms. The highest BCUT2D eigenvalue weighted by molar-refractivity contribution is 5.88. The van der Waals surface area contributed by atoms with Crippen molar-refractivity contribution in [3.8, 4) is 0 Å². The Hall–Kier alpha value is -1.59. The zero-order chi connectivity index (χ0) is 17.7. The molecule has 2 unspecified atom stereocenters. The fourth-order valence-corrected chi connectivity index (χ4v) is 3.09. The van der Waals surface area contributed by atoms with Gasteiger partial charge in [0, 0.05) is 13.1 Å². The summed E-state index contributed by atoms with van der Waals surface area (Å²) in [4.78, 5) is 27.0. The molecule has 2 rings (SSSR count). The highest BCUT2D eigenvalue weighted by Crippen LogP contribution is 2.29. The summed E-state index contributed by atoms with van der Waals surface area (Å²) in [5.74, 6) is -0.0698. The monoisotopic (exact) mass is 367 g/mol. The highest BCUT2D eigenvalue weighted by atomic mass is 35.5. The number of nitrogens with two attached hydrogens (primary N) is 1. The third kappa shape index (κ3) is 5.72. The predicted molar refractivity (Wildman–Crippen MR) is 103 cm³/mol. The molecule has 140 valence electrons. The highest BCUT2D eigenvalue weighted by Gasteiger charge is 2.38. The van der Waals surface area contributed by atoms with E-state index < -0.39 is 6.04 Å². The summed E-state index contributed by atoms with van der Waals surface area (Å²) in [6, 6.07) is 9.08. The molecule has 1 aromatic rings. The second kappa shape index (κ2) is 9.20. The molecule has 1 heterocycles. The van der Waals surface area contributed by atoms with Crippen molar-refractivity contribution in [2.24, 2.45) is 17.1 Å². The molecular weight excluding hydrogens is 338 g/mol. The minimum Gasteiger partial charge on any atom is -0.344 e. The Kier molecular flexibility index (Phi) is 7.90. The number of carbonyl (C=O) groups excluding carboxylic acids is 2. The summed E-state index contributed by atoms with van der Waals surface area (Å²) in [6.07, 6.45) is 1.20. The minimum atomic E-state index is -0.485. The fraction of sp³-hybridized carbons (Fsp3) is 0.579. The summed E-state index contributed by atoms with van der Waals surface area (Å²) in [5.41, 5.74) is 6.76. The molecule has 2 atom stereocenters. The number of benzene rings is 1. The Labute approximate surface area is 156 Å². The molecule has 0 spiro atoms. The molecule has 1 aliphatic heterocycles. The number of rotatable bonds is 6. The van der Waals surface area contributed by atoms with Crippen molar-refractivity contribution in [1.29, 1.82) is 0 Å². The summed E-state index contributed by atoms with van der Waals surface area (Å²) >= 11 is 0. The Morgan fingerprint density at radius 3 is 2.44 bits per heavy atom. The van der Waals surface area contributed by atoms with Gasteiger partial charge >= 0.3 is 0 Å². The van der Waals surface area contributed by atoms with Gasteiger partial charge in [-0.3, -0.25) is 9.59 Å². The molecule has 2 amide bonds. The van der Waals surface area contributed by atoms with Crippen molar-refractivity contribution >= 4 is 24.2 Å². The first-order valence-electron chi connectivity index (χ1n) is 8.67. The maximum absolute atomic E-state index is 12.8. The van der Waals surface area contributed by atoms with Crippen molar-refractivity contribution in [3.05, 3.63) is 35.9 Å². The van der Waals surface area contributed by atoms with Gasteiger partial charge < -0.3 is 16.0 Å². The second-order valence-electron chi connectivity index (χ2n) is 7.48. The Balaban J connectivity index is 0.00000312. The van der Waals surface area contributed by atoms with E-state index in [1.807, 2.05) is 49.1 Å². The quantitative estimate of drug-likeness (QED) is 0.807. The number of amides is 2. The standard InChI is InChI=1S/C19H29N3O2.ClH/c1-14(2)17(18(24)22-10-9-19(3,12-20)13-22)21-16(23)11-15-7-5-4-6-8-15;/h4-8,14,17H,9-13,20H2,1-3H3,(H,21,23);1H. The van der Waals surface area contributed by atoms with Crippen LogP contribution in [-0.4, -0.2) is 42.4 Å². The molecule has 1 aromatic carbocycles. The molecule has 1 fully saturated rings. The molecule has 0 aromatic heterocycles. The number of halogens is 1. The molecular formula is C19H30ClN3O2. The van der Waals surface area contributed by atoms with Crippen molar-refractivity contribution in [2.45, 2.75) is 39.7 Å². The number of hydrogen-bond acceptors (Lipinski definition) is 3. The van der Waals surface area contributed by atoms with Crippen molar-refractivity contribution < 1.29 is 9.59 Å². The molecule has 3 N–H and O–H groups in total. The van der Waals surface area contributed by atoms with Crippen LogP contribution in [0.25, 0.3) is 0 Å². The van der Waals surface area contributed by atoms with Crippen LogP contribution >= 0.6 is 12.4 Å². The van der Waals surface area contributed by atoms with Gasteiger partial charge in [0.15, 0.2) is 0 Å². The smallest absolute Gasteiger partial charge is 0.245 e. The van der Waals surface area contributed by atoms with E-state index in [0.717, 1.165) is 12.0 Å². The topological polar surface area (TPSA) is 75.4 Å². The van der Waals surface area contributed by atoms with Gasteiger partial charge in [0.05, 0.1) is 6.42 Å². The largest absolute Gasteiger partial charge is 0.344 e. The molecule has 0 aliphatic carbocycles. The number of hydrogen-bond donors (Lipinski definition) is 2. The van der Waals surface area contributed by atoms with E-state index in [0.29, 0.717) is 19.6 Å².